The lowest BCUT2D eigenvalue weighted by Gasteiger charge is -2.20. The molecule has 0 atom stereocenters. The van der Waals surface area contributed by atoms with Crippen molar-refractivity contribution >= 4 is 23.3 Å². The van der Waals surface area contributed by atoms with E-state index in [1.807, 2.05) is 0 Å². The van der Waals surface area contributed by atoms with Gasteiger partial charge in [-0.05, 0) is 142 Å². The summed E-state index contributed by atoms with van der Waals surface area (Å²) in [6.07, 6.45) is 71.9. The minimum absolute atomic E-state index is 0.625. The fourth-order valence-electron chi connectivity index (χ4n) is 13.5. The van der Waals surface area contributed by atoms with E-state index in [2.05, 4.69) is 108 Å². The van der Waals surface area contributed by atoms with Crippen molar-refractivity contribution in [1.29, 1.82) is 0 Å². The van der Waals surface area contributed by atoms with Crippen LogP contribution in [-0.4, -0.2) is 15.0 Å². The van der Waals surface area contributed by atoms with Gasteiger partial charge in [0, 0.05) is 16.9 Å². The lowest BCUT2D eigenvalue weighted by molar-refractivity contribution is 0.567. The number of hydrogen-bond donors (Lipinski definition) is 2. The molecule has 0 unspecified atom stereocenters. The highest BCUT2D eigenvalue weighted by Crippen LogP contribution is 2.33. The molecule has 492 valence electrons. The molecule has 0 spiro atoms. The molecule has 1 heterocycles. The van der Waals surface area contributed by atoms with Crippen LogP contribution in [0.25, 0.3) is 11.4 Å². The Morgan fingerprint density at radius 3 is 0.713 bits per heavy atom. The first-order valence-electron chi connectivity index (χ1n) is 38.6. The van der Waals surface area contributed by atoms with E-state index in [0.717, 1.165) is 42.6 Å². The number of anilines is 4. The van der Waals surface area contributed by atoms with Gasteiger partial charge in [-0.1, -0.05) is 341 Å². The molecule has 87 heavy (non-hydrogen) atoms. The van der Waals surface area contributed by atoms with Crippen molar-refractivity contribution in [3.8, 4) is 11.4 Å². The van der Waals surface area contributed by atoms with Crippen LogP contribution in [0.4, 0.5) is 23.3 Å². The zero-order valence-corrected chi connectivity index (χ0v) is 58.6. The maximum absolute atomic E-state index is 5.35. The molecular formula is C82H139N5. The fraction of sp³-hybridized carbons (Fsp3) is 0.744. The number of nitrogens with zero attached hydrogens (tertiary/aromatic N) is 3. The predicted octanol–water partition coefficient (Wildman–Crippen LogP) is 27.4. The van der Waals surface area contributed by atoms with Crippen molar-refractivity contribution in [3.05, 3.63) is 87.5 Å². The van der Waals surface area contributed by atoms with Crippen LogP contribution in [-0.2, 0) is 38.5 Å². The van der Waals surface area contributed by atoms with Crippen molar-refractivity contribution in [2.75, 3.05) is 10.6 Å². The lowest BCUT2D eigenvalue weighted by atomic mass is 9.89. The Kier molecular flexibility index (Phi) is 45.2. The van der Waals surface area contributed by atoms with Gasteiger partial charge in [-0.3, -0.25) is 0 Å². The van der Waals surface area contributed by atoms with Gasteiger partial charge < -0.3 is 10.6 Å². The fourth-order valence-corrected chi connectivity index (χ4v) is 13.5. The second-order valence-electron chi connectivity index (χ2n) is 27.3. The van der Waals surface area contributed by atoms with E-state index in [-0.39, 0.29) is 0 Å². The number of aryl methyl sites for hydroxylation is 5. The van der Waals surface area contributed by atoms with Crippen LogP contribution < -0.4 is 10.6 Å². The highest BCUT2D eigenvalue weighted by molar-refractivity contribution is 5.66. The second kappa shape index (κ2) is 52.0. The molecule has 5 nitrogen and oxygen atoms in total. The first-order chi connectivity index (χ1) is 42.9. The third kappa shape index (κ3) is 35.5. The van der Waals surface area contributed by atoms with Gasteiger partial charge in [-0.15, -0.1) is 0 Å². The molecule has 0 aliphatic rings. The van der Waals surface area contributed by atoms with E-state index in [1.165, 1.54) is 327 Å². The van der Waals surface area contributed by atoms with Crippen LogP contribution in [0.15, 0.2) is 48.5 Å². The van der Waals surface area contributed by atoms with E-state index in [0.29, 0.717) is 17.7 Å². The Morgan fingerprint density at radius 2 is 0.471 bits per heavy atom. The van der Waals surface area contributed by atoms with Crippen LogP contribution in [0.1, 0.15) is 389 Å². The molecule has 4 rings (SSSR count). The first kappa shape index (κ1) is 75.7. The molecule has 3 aromatic carbocycles. The molecule has 0 saturated heterocycles. The van der Waals surface area contributed by atoms with Crippen molar-refractivity contribution in [1.82, 2.24) is 15.0 Å². The number of benzene rings is 3. The van der Waals surface area contributed by atoms with Crippen molar-refractivity contribution < 1.29 is 0 Å². The maximum Gasteiger partial charge on any atom is 0.232 e. The Balaban J connectivity index is 1.75. The Morgan fingerprint density at radius 1 is 0.253 bits per heavy atom. The highest BCUT2D eigenvalue weighted by atomic mass is 15.2. The molecule has 5 heteroatoms. The number of aromatic nitrogens is 3. The van der Waals surface area contributed by atoms with Crippen LogP contribution in [0.5, 0.6) is 0 Å². The van der Waals surface area contributed by atoms with Crippen molar-refractivity contribution in [3.63, 3.8) is 0 Å². The molecule has 0 aliphatic heterocycles. The summed E-state index contributed by atoms with van der Waals surface area (Å²) in [7, 11) is 0. The van der Waals surface area contributed by atoms with E-state index < -0.39 is 0 Å². The van der Waals surface area contributed by atoms with Crippen molar-refractivity contribution in [2.24, 2.45) is 0 Å². The molecular weight excluding hydrogens is 1050 g/mol. The van der Waals surface area contributed by atoms with Gasteiger partial charge in [-0.25, -0.2) is 0 Å². The average Bonchev–Trinajstić information content (AvgIpc) is 2.55. The predicted molar refractivity (Wildman–Crippen MR) is 387 cm³/mol. The molecule has 0 aliphatic carbocycles. The normalized spacial score (nSPS) is 11.6. The Bertz CT molecular complexity index is 2030. The summed E-state index contributed by atoms with van der Waals surface area (Å²) in [6, 6.07) is 18.8. The standard InChI is InChI=1S/C82H139N5/c1-8-14-20-26-32-38-44-50-56-72-66-76(67-73(57-51-45-39-33-27-21-15-9-2)78(72)60-54-48-42-36-30-24-18-12-5)83-81-85-80(71-64-62-70(7)63-65-71)86-82(87-81)84-77-68-74(58-52-46-40-34-28-22-16-10-3)79(61-55-49-43-37-31-25-19-13-6)75(69-77)59-53-47-41-35-29-23-17-11-4/h62-69H,8-61H2,1-7H3,(H2,83,84,85,86,87). The summed E-state index contributed by atoms with van der Waals surface area (Å²) in [5, 5.41) is 7.82. The van der Waals surface area contributed by atoms with Crippen LogP contribution in [0, 0.1) is 6.92 Å². The molecule has 0 radical (unpaired) electrons. The minimum atomic E-state index is 0.625. The van der Waals surface area contributed by atoms with Crippen LogP contribution >= 0.6 is 0 Å². The molecule has 2 N–H and O–H groups in total. The lowest BCUT2D eigenvalue weighted by Crippen LogP contribution is -2.09. The van der Waals surface area contributed by atoms with Gasteiger partial charge in [0.05, 0.1) is 0 Å². The summed E-state index contributed by atoms with van der Waals surface area (Å²) in [5.74, 6) is 1.96. The van der Waals surface area contributed by atoms with E-state index in [4.69, 9.17) is 15.0 Å². The molecule has 0 saturated carbocycles. The largest absolute Gasteiger partial charge is 0.324 e. The van der Waals surface area contributed by atoms with E-state index in [1.54, 1.807) is 33.4 Å². The van der Waals surface area contributed by atoms with Gasteiger partial charge in [0.1, 0.15) is 0 Å². The van der Waals surface area contributed by atoms with Crippen LogP contribution in [0.2, 0.25) is 0 Å². The molecule has 1 aromatic heterocycles. The third-order valence-electron chi connectivity index (χ3n) is 19.1. The van der Waals surface area contributed by atoms with Crippen LogP contribution in [0.3, 0.4) is 0 Å². The van der Waals surface area contributed by atoms with Gasteiger partial charge >= 0.3 is 0 Å². The number of nitrogens with one attached hydrogen (secondary N) is 2. The summed E-state index contributed by atoms with van der Waals surface area (Å²) in [5.41, 5.74) is 14.1. The minimum Gasteiger partial charge on any atom is -0.324 e. The third-order valence-corrected chi connectivity index (χ3v) is 19.1. The molecule has 4 aromatic rings. The Labute approximate surface area is 540 Å². The number of hydrogen-bond acceptors (Lipinski definition) is 5. The quantitative estimate of drug-likeness (QED) is 0.0431. The van der Waals surface area contributed by atoms with Gasteiger partial charge in [0.15, 0.2) is 5.82 Å². The molecule has 0 amide bonds. The topological polar surface area (TPSA) is 62.7 Å². The van der Waals surface area contributed by atoms with Crippen molar-refractivity contribution in [2.45, 2.75) is 395 Å². The second-order valence-corrected chi connectivity index (χ2v) is 27.3. The SMILES string of the molecule is CCCCCCCCCCc1cc(Nc2nc(Nc3cc(CCCCCCCCCC)c(CCCCCCCCCC)c(CCCCCCCCCC)c3)nc(-c3ccc(C)cc3)n2)cc(CCCCCCCCCC)c1CCCCCCCCCC. The van der Waals surface area contributed by atoms with E-state index in [9.17, 15) is 0 Å². The zero-order chi connectivity index (χ0) is 61.9. The molecule has 0 bridgehead atoms. The van der Waals surface area contributed by atoms with Gasteiger partial charge in [0.25, 0.3) is 0 Å². The summed E-state index contributed by atoms with van der Waals surface area (Å²) < 4.78 is 0. The van der Waals surface area contributed by atoms with Gasteiger partial charge in [0.2, 0.25) is 11.9 Å². The summed E-state index contributed by atoms with van der Waals surface area (Å²) in [6.45, 7) is 16.1. The number of unbranched alkanes of at least 4 members (excludes halogenated alkanes) is 42. The maximum atomic E-state index is 5.35. The van der Waals surface area contributed by atoms with Gasteiger partial charge in [-0.2, -0.15) is 15.0 Å². The smallest absolute Gasteiger partial charge is 0.232 e. The molecule has 0 fully saturated rings. The summed E-state index contributed by atoms with van der Waals surface area (Å²) >= 11 is 0. The average molecular weight is 1200 g/mol. The zero-order valence-electron chi connectivity index (χ0n) is 58.6. The highest BCUT2D eigenvalue weighted by Gasteiger charge is 2.18. The Hall–Kier alpha value is -3.73. The summed E-state index contributed by atoms with van der Waals surface area (Å²) in [4.78, 5) is 15.9. The van der Waals surface area contributed by atoms with E-state index >= 15 is 0 Å². The monoisotopic (exact) mass is 1190 g/mol. The first-order valence-corrected chi connectivity index (χ1v) is 38.6. The number of rotatable bonds is 59.